The highest BCUT2D eigenvalue weighted by molar-refractivity contribution is 6.74. The molecule has 0 aliphatic heterocycles. The van der Waals surface area contributed by atoms with Gasteiger partial charge in [-0.2, -0.15) is 0 Å². The van der Waals surface area contributed by atoms with E-state index in [1.54, 1.807) is 27.9 Å². The Hall–Kier alpha value is -2.32. The number of amides is 1. The van der Waals surface area contributed by atoms with E-state index in [0.29, 0.717) is 12.2 Å². The van der Waals surface area contributed by atoms with E-state index in [1.165, 1.54) is 7.11 Å². The van der Waals surface area contributed by atoms with Crippen LogP contribution in [0.1, 0.15) is 59.9 Å². The first-order valence-electron chi connectivity index (χ1n) is 12.2. The predicted molar refractivity (Wildman–Crippen MR) is 141 cm³/mol. The molecule has 7 nitrogen and oxygen atoms in total. The molecule has 0 spiro atoms. The highest BCUT2D eigenvalue weighted by Gasteiger charge is 2.42. The summed E-state index contributed by atoms with van der Waals surface area (Å²) in [6.45, 7) is 16.5. The normalized spacial score (nSPS) is 19.9. The lowest BCUT2D eigenvalue weighted by atomic mass is 9.78. The van der Waals surface area contributed by atoms with Crippen LogP contribution >= 0.6 is 0 Å². The van der Waals surface area contributed by atoms with Crippen LogP contribution in [0.15, 0.2) is 30.3 Å². The molecule has 1 aliphatic carbocycles. The first-order chi connectivity index (χ1) is 16.1. The van der Waals surface area contributed by atoms with Gasteiger partial charge in [0.25, 0.3) is 0 Å². The van der Waals surface area contributed by atoms with Crippen molar-refractivity contribution >= 4 is 26.0 Å². The number of hydrogen-bond donors (Lipinski definition) is 1. The van der Waals surface area contributed by atoms with Crippen LogP contribution in [0.5, 0.6) is 5.75 Å². The summed E-state index contributed by atoms with van der Waals surface area (Å²) in [6, 6.07) is 6.78. The van der Waals surface area contributed by atoms with Gasteiger partial charge >= 0.3 is 12.1 Å². The zero-order chi connectivity index (χ0) is 26.6. The van der Waals surface area contributed by atoms with Gasteiger partial charge in [0.15, 0.2) is 8.32 Å². The van der Waals surface area contributed by atoms with Gasteiger partial charge in [-0.3, -0.25) is 0 Å². The topological polar surface area (TPSA) is 83.1 Å². The Balaban J connectivity index is 2.53. The molecule has 1 N–H and O–H groups in total. The molecular formula is C27H43NO6Si. The third kappa shape index (κ3) is 7.58. The second-order valence-corrected chi connectivity index (χ2v) is 16.3. The molecule has 0 heterocycles. The number of rotatable bonds is 7. The van der Waals surface area contributed by atoms with Gasteiger partial charge < -0.3 is 24.0 Å². The highest BCUT2D eigenvalue weighted by atomic mass is 28.4. The van der Waals surface area contributed by atoms with E-state index in [9.17, 15) is 9.59 Å². The fourth-order valence-corrected chi connectivity index (χ4v) is 5.26. The zero-order valence-corrected chi connectivity index (χ0v) is 24.0. The molecule has 1 aromatic rings. The number of benzene rings is 1. The lowest BCUT2D eigenvalue weighted by Gasteiger charge is -2.41. The molecule has 1 aliphatic rings. The van der Waals surface area contributed by atoms with E-state index >= 15 is 0 Å². The Morgan fingerprint density at radius 3 is 2.20 bits per heavy atom. The van der Waals surface area contributed by atoms with Crippen molar-refractivity contribution in [2.75, 3.05) is 14.2 Å². The molecule has 0 unspecified atom stereocenters. The van der Waals surface area contributed by atoms with Crippen molar-refractivity contribution in [2.45, 2.75) is 90.3 Å². The van der Waals surface area contributed by atoms with E-state index in [4.69, 9.17) is 18.6 Å². The fraction of sp³-hybridized carbons (Fsp3) is 0.630. The SMILES string of the molecule is COC(=O)[C@@H](NC(=O)OC(C)(C)C)[C@@H]1CC[C@H](O[Si](C)(C)C(C)(C)C)C=C1c1ccccc1OC. The van der Waals surface area contributed by atoms with Crippen molar-refractivity contribution in [2.24, 2.45) is 5.92 Å². The third-order valence-electron chi connectivity index (χ3n) is 6.73. The number of nitrogens with one attached hydrogen (secondary N) is 1. The number of ether oxygens (including phenoxy) is 3. The number of para-hydroxylation sites is 1. The molecule has 0 saturated heterocycles. The van der Waals surface area contributed by atoms with Crippen LogP contribution in [0.3, 0.4) is 0 Å². The lowest BCUT2D eigenvalue weighted by Crippen LogP contribution is -2.50. The number of hydrogen-bond acceptors (Lipinski definition) is 6. The van der Waals surface area contributed by atoms with Crippen molar-refractivity contribution in [1.82, 2.24) is 5.32 Å². The van der Waals surface area contributed by atoms with Gasteiger partial charge in [0.2, 0.25) is 0 Å². The van der Waals surface area contributed by atoms with Gasteiger partial charge in [0.05, 0.1) is 20.3 Å². The minimum atomic E-state index is -2.03. The third-order valence-corrected chi connectivity index (χ3v) is 11.2. The molecule has 0 aromatic heterocycles. The summed E-state index contributed by atoms with van der Waals surface area (Å²) in [5.74, 6) is -0.173. The average Bonchev–Trinajstić information content (AvgIpc) is 2.74. The smallest absolute Gasteiger partial charge is 0.408 e. The summed E-state index contributed by atoms with van der Waals surface area (Å²) in [7, 11) is 0.914. The van der Waals surface area contributed by atoms with Crippen LogP contribution in [0.25, 0.3) is 5.57 Å². The standard InChI is InChI=1S/C27H43NO6Si/c1-26(2,3)33-25(30)28-23(24(29)32-8)20-16-15-18(34-35(9,10)27(4,5)6)17-21(20)19-13-11-12-14-22(19)31-7/h11-14,17-18,20,23H,15-16H2,1-10H3,(H,28,30)/t18-,20+,23-/m0/s1. The van der Waals surface area contributed by atoms with E-state index in [1.807, 2.05) is 24.3 Å². The van der Waals surface area contributed by atoms with Crippen molar-refractivity contribution in [3.63, 3.8) is 0 Å². The minimum Gasteiger partial charge on any atom is -0.496 e. The maximum Gasteiger partial charge on any atom is 0.408 e. The summed E-state index contributed by atoms with van der Waals surface area (Å²) < 4.78 is 22.9. The summed E-state index contributed by atoms with van der Waals surface area (Å²) in [5.41, 5.74) is 1.06. The number of alkyl carbamates (subject to hydrolysis) is 1. The van der Waals surface area contributed by atoms with Gasteiger partial charge in [-0.15, -0.1) is 0 Å². The first kappa shape index (κ1) is 28.9. The largest absolute Gasteiger partial charge is 0.496 e. The van der Waals surface area contributed by atoms with E-state index in [-0.39, 0.29) is 17.1 Å². The molecule has 0 fully saturated rings. The molecule has 1 amide bonds. The van der Waals surface area contributed by atoms with Crippen molar-refractivity contribution in [3.05, 3.63) is 35.9 Å². The fourth-order valence-electron chi connectivity index (χ4n) is 3.96. The molecule has 0 radical (unpaired) electrons. The zero-order valence-electron chi connectivity index (χ0n) is 23.0. The van der Waals surface area contributed by atoms with Crippen LogP contribution < -0.4 is 10.1 Å². The van der Waals surface area contributed by atoms with Gasteiger partial charge in [-0.05, 0) is 63.4 Å². The summed E-state index contributed by atoms with van der Waals surface area (Å²) in [4.78, 5) is 25.6. The predicted octanol–water partition coefficient (Wildman–Crippen LogP) is 5.95. The number of esters is 1. The molecular weight excluding hydrogens is 462 g/mol. The summed E-state index contributed by atoms with van der Waals surface area (Å²) in [5, 5.41) is 2.83. The van der Waals surface area contributed by atoms with Crippen LogP contribution in [0.4, 0.5) is 4.79 Å². The number of carbonyl (C=O) groups excluding carboxylic acids is 2. The average molecular weight is 506 g/mol. The Morgan fingerprint density at radius 1 is 1.03 bits per heavy atom. The molecule has 196 valence electrons. The maximum absolute atomic E-state index is 12.9. The Bertz CT molecular complexity index is 928. The van der Waals surface area contributed by atoms with Gasteiger partial charge in [0.1, 0.15) is 17.4 Å². The minimum absolute atomic E-state index is 0.0646. The van der Waals surface area contributed by atoms with Gasteiger partial charge in [-0.1, -0.05) is 45.0 Å². The van der Waals surface area contributed by atoms with E-state index < -0.39 is 32.0 Å². The van der Waals surface area contributed by atoms with Crippen LogP contribution in [0, 0.1) is 5.92 Å². The highest BCUT2D eigenvalue weighted by Crippen LogP contribution is 2.43. The van der Waals surface area contributed by atoms with Gasteiger partial charge in [-0.25, -0.2) is 9.59 Å². The van der Waals surface area contributed by atoms with Crippen molar-refractivity contribution < 1.29 is 28.2 Å². The van der Waals surface area contributed by atoms with Crippen LogP contribution in [-0.4, -0.2) is 52.3 Å². The molecule has 0 bridgehead atoms. The first-order valence-corrected chi connectivity index (χ1v) is 15.1. The molecule has 0 saturated carbocycles. The molecule has 1 aromatic carbocycles. The number of carbonyl (C=O) groups is 2. The Labute approximate surface area is 211 Å². The van der Waals surface area contributed by atoms with E-state index in [2.05, 4.69) is 45.3 Å². The maximum atomic E-state index is 12.9. The summed E-state index contributed by atoms with van der Waals surface area (Å²) in [6.07, 6.45) is 2.68. The second kappa shape index (κ2) is 11.2. The van der Waals surface area contributed by atoms with Crippen LogP contribution in [0.2, 0.25) is 18.1 Å². The van der Waals surface area contributed by atoms with E-state index in [0.717, 1.165) is 17.6 Å². The molecule has 2 rings (SSSR count). The van der Waals surface area contributed by atoms with Gasteiger partial charge in [0, 0.05) is 11.5 Å². The lowest BCUT2D eigenvalue weighted by molar-refractivity contribution is -0.144. The van der Waals surface area contributed by atoms with Crippen molar-refractivity contribution in [3.8, 4) is 5.75 Å². The molecule has 3 atom stereocenters. The van der Waals surface area contributed by atoms with Crippen molar-refractivity contribution in [1.29, 1.82) is 0 Å². The summed E-state index contributed by atoms with van der Waals surface area (Å²) >= 11 is 0. The molecule has 8 heteroatoms. The van der Waals surface area contributed by atoms with Crippen LogP contribution in [-0.2, 0) is 18.7 Å². The quantitative estimate of drug-likeness (QED) is 0.364. The number of methoxy groups -OCH3 is 2. The Morgan fingerprint density at radius 2 is 1.66 bits per heavy atom. The monoisotopic (exact) mass is 505 g/mol. The second-order valence-electron chi connectivity index (χ2n) is 11.6. The Kier molecular flexibility index (Phi) is 9.22. The molecule has 35 heavy (non-hydrogen) atoms.